The van der Waals surface area contributed by atoms with Gasteiger partial charge >= 0.3 is 11.9 Å². The van der Waals surface area contributed by atoms with Crippen LogP contribution < -0.4 is 33.2 Å². The maximum Gasteiger partial charge on any atom is 0.326 e. The number of hydrogen-bond acceptors (Lipinski definition) is 8. The third-order valence-corrected chi connectivity index (χ3v) is 4.67. The topological polar surface area (TPSA) is 257 Å². The van der Waals surface area contributed by atoms with Crippen molar-refractivity contribution < 1.29 is 39.0 Å². The van der Waals surface area contributed by atoms with E-state index in [0.29, 0.717) is 25.8 Å². The van der Waals surface area contributed by atoms with Crippen molar-refractivity contribution in [2.75, 3.05) is 6.54 Å². The first-order valence-electron chi connectivity index (χ1n) is 10.9. The fourth-order valence-corrected chi connectivity index (χ4v) is 2.99. The lowest BCUT2D eigenvalue weighted by Gasteiger charge is -2.25. The fraction of sp³-hybridized carbons (Fsp3) is 0.700. The molecule has 4 amide bonds. The van der Waals surface area contributed by atoms with Crippen LogP contribution in [0, 0.1) is 5.92 Å². The highest BCUT2D eigenvalue weighted by molar-refractivity contribution is 5.96. The number of aliphatic carboxylic acids is 2. The first-order chi connectivity index (χ1) is 15.8. The third-order valence-electron chi connectivity index (χ3n) is 4.67. The van der Waals surface area contributed by atoms with Gasteiger partial charge < -0.3 is 43.4 Å². The zero-order valence-corrected chi connectivity index (χ0v) is 19.4. The molecule has 0 saturated heterocycles. The number of nitrogens with one attached hydrogen (secondary N) is 3. The lowest BCUT2D eigenvalue weighted by atomic mass is 10.0. The molecular formula is C20H36N6O8. The van der Waals surface area contributed by atoms with Gasteiger partial charge in [0, 0.05) is 0 Å². The Morgan fingerprint density at radius 2 is 1.32 bits per heavy atom. The Bertz CT molecular complexity index is 745. The quantitative estimate of drug-likeness (QED) is 0.0988. The summed E-state index contributed by atoms with van der Waals surface area (Å²) in [6.45, 7) is 4.10. The van der Waals surface area contributed by atoms with Crippen molar-refractivity contribution in [1.29, 1.82) is 0 Å². The molecule has 0 aromatic carbocycles. The van der Waals surface area contributed by atoms with Gasteiger partial charge in [-0.1, -0.05) is 13.8 Å². The van der Waals surface area contributed by atoms with E-state index in [1.165, 1.54) is 0 Å². The number of unbranched alkanes of at least 4 members (excludes halogenated alkanes) is 1. The zero-order chi connectivity index (χ0) is 26.4. The SMILES string of the molecule is CC(C)CC(N)C(=O)NC(CCCCN)C(=O)NC(CC(N)=O)C(=O)NC(CC(=O)O)C(=O)O. The number of carbonyl (C=O) groups is 6. The summed E-state index contributed by atoms with van der Waals surface area (Å²) in [5, 5.41) is 24.7. The van der Waals surface area contributed by atoms with Gasteiger partial charge in [-0.15, -0.1) is 0 Å². The zero-order valence-electron chi connectivity index (χ0n) is 19.4. The van der Waals surface area contributed by atoms with Crippen LogP contribution in [0.5, 0.6) is 0 Å². The predicted molar refractivity (Wildman–Crippen MR) is 120 cm³/mol. The van der Waals surface area contributed by atoms with Gasteiger partial charge in [0.25, 0.3) is 0 Å². The summed E-state index contributed by atoms with van der Waals surface area (Å²) in [5.74, 6) is -6.48. The van der Waals surface area contributed by atoms with Gasteiger partial charge in [0.15, 0.2) is 0 Å². The predicted octanol–water partition coefficient (Wildman–Crippen LogP) is -2.62. The maximum atomic E-state index is 12.9. The van der Waals surface area contributed by atoms with E-state index >= 15 is 0 Å². The molecule has 194 valence electrons. The van der Waals surface area contributed by atoms with E-state index in [2.05, 4.69) is 10.6 Å². The second-order valence-corrected chi connectivity index (χ2v) is 8.31. The number of primary amides is 1. The molecule has 0 aromatic rings. The van der Waals surface area contributed by atoms with Gasteiger partial charge in [0.1, 0.15) is 18.1 Å². The van der Waals surface area contributed by atoms with Gasteiger partial charge in [-0.05, 0) is 38.1 Å². The van der Waals surface area contributed by atoms with Crippen molar-refractivity contribution in [3.8, 4) is 0 Å². The molecule has 0 heterocycles. The van der Waals surface area contributed by atoms with Crippen LogP contribution in [0.15, 0.2) is 0 Å². The van der Waals surface area contributed by atoms with Crippen molar-refractivity contribution in [3.63, 3.8) is 0 Å². The van der Waals surface area contributed by atoms with E-state index in [9.17, 15) is 28.8 Å². The Morgan fingerprint density at radius 3 is 1.79 bits per heavy atom. The number of carboxylic acids is 2. The Kier molecular flexibility index (Phi) is 14.1. The average Bonchev–Trinajstić information content (AvgIpc) is 2.70. The number of amides is 4. The molecule has 11 N–H and O–H groups in total. The van der Waals surface area contributed by atoms with Crippen LogP contribution in [0.2, 0.25) is 0 Å². The number of nitrogens with two attached hydrogens (primary N) is 3. The van der Waals surface area contributed by atoms with Crippen LogP contribution in [0.4, 0.5) is 0 Å². The number of rotatable bonds is 17. The first-order valence-corrected chi connectivity index (χ1v) is 10.9. The largest absolute Gasteiger partial charge is 0.481 e. The minimum atomic E-state index is -1.80. The standard InChI is InChI=1S/C20H36N6O8/c1-10(2)7-11(22)17(30)24-12(5-3-4-6-21)18(31)25-13(8-15(23)27)19(32)26-14(20(33)34)9-16(28)29/h10-14H,3-9,21-22H2,1-2H3,(H2,23,27)(H,24,30)(H,25,31)(H,26,32)(H,28,29)(H,33,34). The molecule has 0 bridgehead atoms. The first kappa shape index (κ1) is 30.7. The second kappa shape index (κ2) is 15.6. The third kappa shape index (κ3) is 12.7. The Balaban J connectivity index is 5.54. The summed E-state index contributed by atoms with van der Waals surface area (Å²) in [6.07, 6.45) is -0.0726. The second-order valence-electron chi connectivity index (χ2n) is 8.31. The van der Waals surface area contributed by atoms with Gasteiger partial charge in [-0.25, -0.2) is 4.79 Å². The van der Waals surface area contributed by atoms with Gasteiger partial charge in [-0.2, -0.15) is 0 Å². The molecule has 14 heteroatoms. The summed E-state index contributed by atoms with van der Waals surface area (Å²) in [7, 11) is 0. The van der Waals surface area contributed by atoms with Crippen LogP contribution in [0.25, 0.3) is 0 Å². The molecule has 0 aliphatic carbocycles. The molecule has 14 nitrogen and oxygen atoms in total. The van der Waals surface area contributed by atoms with Crippen molar-refractivity contribution >= 4 is 35.6 Å². The molecule has 4 atom stereocenters. The minimum absolute atomic E-state index is 0.127. The lowest BCUT2D eigenvalue weighted by Crippen LogP contribution is -2.58. The summed E-state index contributed by atoms with van der Waals surface area (Å²) in [5.41, 5.74) is 16.5. The van der Waals surface area contributed by atoms with Gasteiger partial charge in [-0.3, -0.25) is 24.0 Å². The van der Waals surface area contributed by atoms with Crippen LogP contribution in [-0.2, 0) is 28.8 Å². The van der Waals surface area contributed by atoms with Crippen LogP contribution in [0.3, 0.4) is 0 Å². The van der Waals surface area contributed by atoms with E-state index in [4.69, 9.17) is 27.4 Å². The summed E-state index contributed by atoms with van der Waals surface area (Å²) in [6, 6.07) is -5.39. The van der Waals surface area contributed by atoms with E-state index < -0.39 is 72.6 Å². The molecule has 34 heavy (non-hydrogen) atoms. The van der Waals surface area contributed by atoms with Gasteiger partial charge in [0.2, 0.25) is 23.6 Å². The molecule has 0 fully saturated rings. The molecule has 0 aliphatic heterocycles. The summed E-state index contributed by atoms with van der Waals surface area (Å²) in [4.78, 5) is 71.3. The molecule has 0 aromatic heterocycles. The maximum absolute atomic E-state index is 12.9. The van der Waals surface area contributed by atoms with E-state index in [1.807, 2.05) is 19.2 Å². The van der Waals surface area contributed by atoms with Crippen molar-refractivity contribution in [2.24, 2.45) is 23.1 Å². The average molecular weight is 489 g/mol. The summed E-state index contributed by atoms with van der Waals surface area (Å²) < 4.78 is 0. The lowest BCUT2D eigenvalue weighted by molar-refractivity contribution is -0.147. The van der Waals surface area contributed by atoms with Gasteiger partial charge in [0.05, 0.1) is 18.9 Å². The highest BCUT2D eigenvalue weighted by Crippen LogP contribution is 2.07. The highest BCUT2D eigenvalue weighted by Gasteiger charge is 2.31. The molecule has 0 spiro atoms. The minimum Gasteiger partial charge on any atom is -0.481 e. The van der Waals surface area contributed by atoms with Crippen LogP contribution in [0.1, 0.15) is 52.4 Å². The Labute approximate surface area is 197 Å². The van der Waals surface area contributed by atoms with Crippen molar-refractivity contribution in [2.45, 2.75) is 76.5 Å². The van der Waals surface area contributed by atoms with E-state index in [-0.39, 0.29) is 12.3 Å². The van der Waals surface area contributed by atoms with Crippen LogP contribution >= 0.6 is 0 Å². The highest BCUT2D eigenvalue weighted by atomic mass is 16.4. The van der Waals surface area contributed by atoms with Crippen molar-refractivity contribution in [1.82, 2.24) is 16.0 Å². The Morgan fingerprint density at radius 1 is 0.794 bits per heavy atom. The van der Waals surface area contributed by atoms with E-state index in [1.54, 1.807) is 0 Å². The molecule has 0 aliphatic rings. The van der Waals surface area contributed by atoms with E-state index in [0.717, 1.165) is 0 Å². The number of carbonyl (C=O) groups excluding carboxylic acids is 4. The Hall–Kier alpha value is -3.26. The molecule has 0 rings (SSSR count). The molecular weight excluding hydrogens is 452 g/mol. The fourth-order valence-electron chi connectivity index (χ4n) is 2.99. The van der Waals surface area contributed by atoms with Crippen LogP contribution in [-0.4, -0.2) is 76.5 Å². The normalized spacial score (nSPS) is 14.4. The summed E-state index contributed by atoms with van der Waals surface area (Å²) >= 11 is 0. The monoisotopic (exact) mass is 488 g/mol. The van der Waals surface area contributed by atoms with Crippen molar-refractivity contribution in [3.05, 3.63) is 0 Å². The molecule has 0 saturated carbocycles. The number of carboxylic acid groups (broad SMARTS) is 2. The smallest absolute Gasteiger partial charge is 0.326 e. The molecule has 4 unspecified atom stereocenters. The number of hydrogen-bond donors (Lipinski definition) is 8. The molecule has 0 radical (unpaired) electrons.